The summed E-state index contributed by atoms with van der Waals surface area (Å²) in [6, 6.07) is 6.24. The molecule has 0 unspecified atom stereocenters. The lowest BCUT2D eigenvalue weighted by Gasteiger charge is -1.96. The first-order valence-corrected chi connectivity index (χ1v) is 4.77. The van der Waals surface area contributed by atoms with Gasteiger partial charge in [0.1, 0.15) is 6.26 Å². The molecule has 0 bridgehead atoms. The van der Waals surface area contributed by atoms with Crippen molar-refractivity contribution >= 4 is 26.7 Å². The lowest BCUT2D eigenvalue weighted by molar-refractivity contribution is 0.546. The normalized spacial score (nSPS) is 10.8. The molecule has 0 aliphatic carbocycles. The van der Waals surface area contributed by atoms with Crippen molar-refractivity contribution in [1.82, 2.24) is 0 Å². The van der Waals surface area contributed by atoms with Crippen LogP contribution >= 0.6 is 15.9 Å². The van der Waals surface area contributed by atoms with Gasteiger partial charge in [0.15, 0.2) is 4.67 Å². The van der Waals surface area contributed by atoms with Crippen molar-refractivity contribution < 1.29 is 4.42 Å². The maximum Gasteiger partial charge on any atom is 0.176 e. The summed E-state index contributed by atoms with van der Waals surface area (Å²) < 4.78 is 6.10. The van der Waals surface area contributed by atoms with Gasteiger partial charge in [0.25, 0.3) is 0 Å². The first kappa shape index (κ1) is 7.87. The summed E-state index contributed by atoms with van der Waals surface area (Å²) in [5.41, 5.74) is 1.34. The number of rotatable bonds is 1. The van der Waals surface area contributed by atoms with Gasteiger partial charge in [0, 0.05) is 10.8 Å². The summed E-state index contributed by atoms with van der Waals surface area (Å²) in [5.74, 6) is 0. The summed E-state index contributed by atoms with van der Waals surface area (Å²) >= 11 is 3.36. The SMILES string of the molecule is CCc1cccc2c(Br)occ12. The van der Waals surface area contributed by atoms with Crippen LogP contribution in [0.2, 0.25) is 0 Å². The van der Waals surface area contributed by atoms with Crippen LogP contribution in [0.5, 0.6) is 0 Å². The second-order valence-electron chi connectivity index (χ2n) is 2.74. The molecule has 12 heavy (non-hydrogen) atoms. The van der Waals surface area contributed by atoms with Crippen LogP contribution in [0.4, 0.5) is 0 Å². The molecule has 0 radical (unpaired) electrons. The molecular formula is C10H9BrO. The predicted octanol–water partition coefficient (Wildman–Crippen LogP) is 3.76. The van der Waals surface area contributed by atoms with Crippen molar-refractivity contribution in [2.75, 3.05) is 0 Å². The molecule has 1 aromatic carbocycles. The average Bonchev–Trinajstić information content (AvgIpc) is 2.48. The van der Waals surface area contributed by atoms with Gasteiger partial charge in [0.2, 0.25) is 0 Å². The highest BCUT2D eigenvalue weighted by Crippen LogP contribution is 2.28. The van der Waals surface area contributed by atoms with Crippen LogP contribution in [0.25, 0.3) is 10.8 Å². The number of fused-ring (bicyclic) bond motifs is 1. The Labute approximate surface area is 79.5 Å². The molecule has 0 saturated heterocycles. The molecule has 0 amide bonds. The van der Waals surface area contributed by atoms with Gasteiger partial charge < -0.3 is 4.42 Å². The van der Waals surface area contributed by atoms with E-state index in [0.29, 0.717) is 0 Å². The number of hydrogen-bond donors (Lipinski definition) is 0. The van der Waals surface area contributed by atoms with E-state index >= 15 is 0 Å². The van der Waals surface area contributed by atoms with Crippen molar-refractivity contribution in [2.45, 2.75) is 13.3 Å². The van der Waals surface area contributed by atoms with Gasteiger partial charge in [-0.25, -0.2) is 0 Å². The maximum atomic E-state index is 5.27. The number of halogens is 1. The van der Waals surface area contributed by atoms with Crippen LogP contribution in [-0.2, 0) is 6.42 Å². The van der Waals surface area contributed by atoms with E-state index in [4.69, 9.17) is 4.42 Å². The molecule has 1 nitrogen and oxygen atoms in total. The van der Waals surface area contributed by atoms with E-state index in [-0.39, 0.29) is 0 Å². The van der Waals surface area contributed by atoms with E-state index in [1.807, 2.05) is 0 Å². The Bertz CT molecular complexity index is 403. The number of hydrogen-bond acceptors (Lipinski definition) is 1. The van der Waals surface area contributed by atoms with Crippen LogP contribution < -0.4 is 0 Å². The molecule has 2 heteroatoms. The van der Waals surface area contributed by atoms with E-state index in [1.54, 1.807) is 6.26 Å². The Morgan fingerprint density at radius 1 is 1.33 bits per heavy atom. The topological polar surface area (TPSA) is 13.1 Å². The van der Waals surface area contributed by atoms with Crippen LogP contribution in [0.1, 0.15) is 12.5 Å². The molecule has 0 spiro atoms. The fraction of sp³-hybridized carbons (Fsp3) is 0.200. The van der Waals surface area contributed by atoms with Crippen molar-refractivity contribution in [1.29, 1.82) is 0 Å². The van der Waals surface area contributed by atoms with Gasteiger partial charge in [-0.3, -0.25) is 0 Å². The highest BCUT2D eigenvalue weighted by Gasteiger charge is 2.04. The second kappa shape index (κ2) is 2.94. The predicted molar refractivity (Wildman–Crippen MR) is 53.3 cm³/mol. The summed E-state index contributed by atoms with van der Waals surface area (Å²) in [7, 11) is 0. The van der Waals surface area contributed by atoms with Gasteiger partial charge in [0.05, 0.1) is 0 Å². The first-order valence-electron chi connectivity index (χ1n) is 3.97. The van der Waals surface area contributed by atoms with E-state index in [1.165, 1.54) is 10.9 Å². The fourth-order valence-corrected chi connectivity index (χ4v) is 1.85. The fourth-order valence-electron chi connectivity index (χ4n) is 1.41. The third kappa shape index (κ3) is 1.07. The molecule has 0 fully saturated rings. The van der Waals surface area contributed by atoms with Crippen LogP contribution in [-0.4, -0.2) is 0 Å². The first-order chi connectivity index (χ1) is 5.83. The van der Waals surface area contributed by atoms with Crippen molar-refractivity contribution in [3.05, 3.63) is 34.7 Å². The zero-order chi connectivity index (χ0) is 8.55. The van der Waals surface area contributed by atoms with Gasteiger partial charge in [-0.2, -0.15) is 0 Å². The van der Waals surface area contributed by atoms with Crippen LogP contribution in [0.3, 0.4) is 0 Å². The highest BCUT2D eigenvalue weighted by atomic mass is 79.9. The average molecular weight is 225 g/mol. The molecule has 62 valence electrons. The quantitative estimate of drug-likeness (QED) is 0.720. The van der Waals surface area contributed by atoms with E-state index < -0.39 is 0 Å². The van der Waals surface area contributed by atoms with Crippen LogP contribution in [0, 0.1) is 0 Å². The lowest BCUT2D eigenvalue weighted by atomic mass is 10.1. The van der Waals surface area contributed by atoms with Crippen molar-refractivity contribution in [2.24, 2.45) is 0 Å². The zero-order valence-corrected chi connectivity index (χ0v) is 8.39. The second-order valence-corrected chi connectivity index (χ2v) is 3.46. The maximum absolute atomic E-state index is 5.27. The zero-order valence-electron chi connectivity index (χ0n) is 6.80. The molecule has 0 saturated carbocycles. The summed E-state index contributed by atoms with van der Waals surface area (Å²) in [6.07, 6.45) is 2.85. The van der Waals surface area contributed by atoms with Crippen LogP contribution in [0.15, 0.2) is 33.5 Å². The van der Waals surface area contributed by atoms with E-state index in [0.717, 1.165) is 16.5 Å². The number of furan rings is 1. The largest absolute Gasteiger partial charge is 0.456 e. The monoisotopic (exact) mass is 224 g/mol. The van der Waals surface area contributed by atoms with Gasteiger partial charge in [-0.15, -0.1) is 0 Å². The van der Waals surface area contributed by atoms with Gasteiger partial charge >= 0.3 is 0 Å². The molecule has 0 atom stereocenters. The Kier molecular flexibility index (Phi) is 1.93. The number of aryl methyl sites for hydroxylation is 1. The molecule has 2 rings (SSSR count). The molecule has 0 aliphatic heterocycles. The van der Waals surface area contributed by atoms with Crippen molar-refractivity contribution in [3.63, 3.8) is 0 Å². The van der Waals surface area contributed by atoms with Gasteiger partial charge in [-0.05, 0) is 34.0 Å². The molecule has 0 N–H and O–H groups in total. The third-order valence-corrected chi connectivity index (χ3v) is 2.68. The summed E-state index contributed by atoms with van der Waals surface area (Å²) in [6.45, 7) is 2.15. The standard InChI is InChI=1S/C10H9BrO/c1-2-7-4-3-5-8-9(7)6-12-10(8)11/h3-6H,2H2,1H3. The molecule has 1 heterocycles. The number of benzene rings is 1. The van der Waals surface area contributed by atoms with Crippen molar-refractivity contribution in [3.8, 4) is 0 Å². The Morgan fingerprint density at radius 3 is 2.92 bits per heavy atom. The Hall–Kier alpha value is -0.760. The summed E-state index contributed by atoms with van der Waals surface area (Å²) in [4.78, 5) is 0. The van der Waals surface area contributed by atoms with E-state index in [9.17, 15) is 0 Å². The smallest absolute Gasteiger partial charge is 0.176 e. The third-order valence-electron chi connectivity index (χ3n) is 2.07. The van der Waals surface area contributed by atoms with E-state index in [2.05, 4.69) is 41.1 Å². The summed E-state index contributed by atoms with van der Waals surface area (Å²) in [5, 5.41) is 2.38. The molecular weight excluding hydrogens is 216 g/mol. The van der Waals surface area contributed by atoms with Gasteiger partial charge in [-0.1, -0.05) is 19.1 Å². The minimum atomic E-state index is 0.827. The molecule has 1 aromatic heterocycles. The Balaban J connectivity index is 2.81. The Morgan fingerprint density at radius 2 is 2.17 bits per heavy atom. The lowest BCUT2D eigenvalue weighted by Crippen LogP contribution is -1.78. The highest BCUT2D eigenvalue weighted by molar-refractivity contribution is 9.10. The minimum absolute atomic E-state index is 0.827. The minimum Gasteiger partial charge on any atom is -0.456 e. The molecule has 0 aliphatic rings. The molecule has 2 aromatic rings.